The summed E-state index contributed by atoms with van der Waals surface area (Å²) < 4.78 is 134. The zero-order valence-electron chi connectivity index (χ0n) is 17.3. The van der Waals surface area contributed by atoms with Gasteiger partial charge in [0.15, 0.2) is 6.17 Å². The van der Waals surface area contributed by atoms with E-state index in [9.17, 15) is 43.9 Å². The van der Waals surface area contributed by atoms with E-state index in [0.717, 1.165) is 0 Å². The average molecular weight is 493 g/mol. The predicted octanol–water partition coefficient (Wildman–Crippen LogP) is 5.91. The predicted molar refractivity (Wildman–Crippen MR) is 101 cm³/mol. The molecule has 0 aliphatic heterocycles. The lowest BCUT2D eigenvalue weighted by Gasteiger charge is -2.40. The molecule has 1 aromatic carbocycles. The molecule has 0 saturated carbocycles. The molecule has 0 bridgehead atoms. The number of nitrogen functional groups attached to an aromatic ring is 1. The third kappa shape index (κ3) is 5.22. The first-order valence-electron chi connectivity index (χ1n) is 9.49. The van der Waals surface area contributed by atoms with E-state index in [0.29, 0.717) is 22.2 Å². The molecule has 0 amide bonds. The molecule has 0 saturated heterocycles. The van der Waals surface area contributed by atoms with Crippen LogP contribution in [0.2, 0.25) is 0 Å². The average Bonchev–Trinajstić information content (AvgIpc) is 2.66. The lowest BCUT2D eigenvalue weighted by Crippen LogP contribution is -2.55. The Morgan fingerprint density at radius 3 is 2.00 bits per heavy atom. The van der Waals surface area contributed by atoms with E-state index >= 15 is 0 Å². The van der Waals surface area contributed by atoms with Crippen LogP contribution < -0.4 is 11.5 Å². The van der Waals surface area contributed by atoms with Crippen molar-refractivity contribution in [1.29, 1.82) is 0 Å². The fourth-order valence-corrected chi connectivity index (χ4v) is 3.44. The van der Waals surface area contributed by atoms with E-state index in [-0.39, 0.29) is 11.6 Å². The molecule has 1 aliphatic rings. The van der Waals surface area contributed by atoms with Gasteiger partial charge in [-0.25, -0.2) is 4.39 Å². The standard InChI is InChI=1S/C20H21F10N3/c1-10-3-5-13(17(21,19(25,26)27)20(28,29)30)8-15(10)33(16(32)18(22,23)24)9-12-4-6-14(31)11(2)7-12/h4-8,10,16H,3,9,31-32H2,1-2H3/t10-,16?/m1/s1. The van der Waals surface area contributed by atoms with Crippen molar-refractivity contribution in [3.8, 4) is 0 Å². The summed E-state index contributed by atoms with van der Waals surface area (Å²) in [5.74, 6) is -0.984. The summed E-state index contributed by atoms with van der Waals surface area (Å²) in [4.78, 5) is 0.426. The molecule has 186 valence electrons. The van der Waals surface area contributed by atoms with Crippen LogP contribution in [0.3, 0.4) is 0 Å². The molecular formula is C20H21F10N3. The molecule has 0 aromatic heterocycles. The third-order valence-corrected chi connectivity index (χ3v) is 5.37. The molecule has 1 aromatic rings. The van der Waals surface area contributed by atoms with Crippen molar-refractivity contribution >= 4 is 5.69 Å². The summed E-state index contributed by atoms with van der Waals surface area (Å²) in [5.41, 5.74) is 3.77. The molecule has 0 spiro atoms. The first kappa shape index (κ1) is 26.8. The number of hydrogen-bond donors (Lipinski definition) is 2. The molecule has 3 nitrogen and oxygen atoms in total. The first-order valence-corrected chi connectivity index (χ1v) is 9.49. The zero-order chi connectivity index (χ0) is 25.6. The van der Waals surface area contributed by atoms with E-state index < -0.39 is 60.5 Å². The number of rotatable bonds is 5. The van der Waals surface area contributed by atoms with E-state index in [1.165, 1.54) is 25.1 Å². The van der Waals surface area contributed by atoms with Crippen LogP contribution in [0, 0.1) is 12.8 Å². The molecular weight excluding hydrogens is 472 g/mol. The number of allylic oxidation sites excluding steroid dienone is 4. The number of hydrogen-bond acceptors (Lipinski definition) is 3. The molecule has 1 unspecified atom stereocenters. The number of halogens is 10. The second-order valence-corrected chi connectivity index (χ2v) is 7.82. The lowest BCUT2D eigenvalue weighted by molar-refractivity contribution is -0.325. The second kappa shape index (κ2) is 8.73. The molecule has 2 atom stereocenters. The number of anilines is 1. The van der Waals surface area contributed by atoms with Crippen LogP contribution in [0.15, 0.2) is 41.6 Å². The molecule has 0 fully saturated rings. The fourth-order valence-electron chi connectivity index (χ4n) is 3.44. The molecule has 33 heavy (non-hydrogen) atoms. The highest BCUT2D eigenvalue weighted by atomic mass is 19.4. The number of benzene rings is 1. The van der Waals surface area contributed by atoms with Crippen LogP contribution >= 0.6 is 0 Å². The van der Waals surface area contributed by atoms with Gasteiger partial charge in [-0.3, -0.25) is 0 Å². The van der Waals surface area contributed by atoms with Gasteiger partial charge in [-0.15, -0.1) is 0 Å². The van der Waals surface area contributed by atoms with Crippen LogP contribution in [0.5, 0.6) is 0 Å². The van der Waals surface area contributed by atoms with Gasteiger partial charge in [-0.1, -0.05) is 25.1 Å². The lowest BCUT2D eigenvalue weighted by atomic mass is 9.84. The monoisotopic (exact) mass is 493 g/mol. The van der Waals surface area contributed by atoms with Gasteiger partial charge in [0, 0.05) is 23.5 Å². The Balaban J connectivity index is 2.64. The van der Waals surface area contributed by atoms with E-state index in [1.807, 2.05) is 0 Å². The van der Waals surface area contributed by atoms with Crippen LogP contribution in [0.4, 0.5) is 49.6 Å². The van der Waals surface area contributed by atoms with Crippen molar-refractivity contribution in [3.63, 3.8) is 0 Å². The van der Waals surface area contributed by atoms with E-state index in [2.05, 4.69) is 0 Å². The van der Waals surface area contributed by atoms with Crippen molar-refractivity contribution in [3.05, 3.63) is 52.7 Å². The Kier molecular flexibility index (Phi) is 7.09. The maximum Gasteiger partial charge on any atom is 0.435 e. The maximum atomic E-state index is 14.6. The molecule has 2 rings (SSSR count). The summed E-state index contributed by atoms with van der Waals surface area (Å²) in [5, 5.41) is 0. The quantitative estimate of drug-likeness (QED) is 0.305. The summed E-state index contributed by atoms with van der Waals surface area (Å²) in [7, 11) is 0. The highest BCUT2D eigenvalue weighted by Crippen LogP contribution is 2.52. The van der Waals surface area contributed by atoms with Gasteiger partial charge in [0.1, 0.15) is 0 Å². The van der Waals surface area contributed by atoms with Gasteiger partial charge in [-0.05, 0) is 42.5 Å². The van der Waals surface area contributed by atoms with E-state index in [1.54, 1.807) is 6.92 Å². The van der Waals surface area contributed by atoms with Crippen LogP contribution in [-0.4, -0.2) is 35.3 Å². The molecule has 13 heteroatoms. The zero-order valence-corrected chi connectivity index (χ0v) is 17.3. The Morgan fingerprint density at radius 1 is 1.00 bits per heavy atom. The highest BCUT2D eigenvalue weighted by Gasteiger charge is 2.74. The molecule has 0 heterocycles. The van der Waals surface area contributed by atoms with Crippen LogP contribution in [0.1, 0.15) is 24.5 Å². The van der Waals surface area contributed by atoms with Crippen LogP contribution in [0.25, 0.3) is 0 Å². The van der Waals surface area contributed by atoms with E-state index in [4.69, 9.17) is 11.5 Å². The smallest absolute Gasteiger partial charge is 0.399 e. The SMILES string of the molecule is Cc1cc(CN(C2=CC(C(F)(C(F)(F)F)C(F)(F)F)=CC[C@H]2C)C(N)C(F)(F)F)ccc1N. The van der Waals surface area contributed by atoms with Gasteiger partial charge >= 0.3 is 24.2 Å². The summed E-state index contributed by atoms with van der Waals surface area (Å²) in [6, 6.07) is 4.13. The van der Waals surface area contributed by atoms with Crippen molar-refractivity contribution in [2.24, 2.45) is 11.7 Å². The van der Waals surface area contributed by atoms with Crippen molar-refractivity contribution in [2.75, 3.05) is 5.73 Å². The maximum absolute atomic E-state index is 14.6. The van der Waals surface area contributed by atoms with Crippen molar-refractivity contribution < 1.29 is 43.9 Å². The number of nitrogens with two attached hydrogens (primary N) is 2. The normalized spacial score (nSPS) is 19.1. The minimum absolute atomic E-state index is 0.158. The Hall–Kier alpha value is -2.44. The molecule has 4 N–H and O–H groups in total. The van der Waals surface area contributed by atoms with Crippen molar-refractivity contribution in [1.82, 2.24) is 4.90 Å². The minimum Gasteiger partial charge on any atom is -0.399 e. The topological polar surface area (TPSA) is 55.3 Å². The van der Waals surface area contributed by atoms with Crippen molar-refractivity contribution in [2.45, 2.75) is 57.2 Å². The number of alkyl halides is 10. The largest absolute Gasteiger partial charge is 0.435 e. The summed E-state index contributed by atoms with van der Waals surface area (Å²) >= 11 is 0. The van der Waals surface area contributed by atoms with Gasteiger partial charge in [0.05, 0.1) is 0 Å². The van der Waals surface area contributed by atoms with Gasteiger partial charge in [0.25, 0.3) is 0 Å². The number of aryl methyl sites for hydroxylation is 1. The van der Waals surface area contributed by atoms with Crippen LogP contribution in [-0.2, 0) is 6.54 Å². The number of nitrogens with zero attached hydrogens (tertiary/aromatic N) is 1. The minimum atomic E-state index is -6.40. The first-order chi connectivity index (χ1) is 14.8. The summed E-state index contributed by atoms with van der Waals surface area (Å²) in [6.45, 7) is 2.22. The Bertz CT molecular complexity index is 913. The third-order valence-electron chi connectivity index (χ3n) is 5.37. The van der Waals surface area contributed by atoms with Gasteiger partial charge in [-0.2, -0.15) is 39.5 Å². The molecule has 0 radical (unpaired) electrons. The summed E-state index contributed by atoms with van der Waals surface area (Å²) in [6.07, 6.45) is -20.7. The molecule has 1 aliphatic carbocycles. The van der Waals surface area contributed by atoms with Gasteiger partial charge in [0.2, 0.25) is 0 Å². The Morgan fingerprint density at radius 2 is 1.55 bits per heavy atom. The fraction of sp³-hybridized carbons (Fsp3) is 0.500. The van der Waals surface area contributed by atoms with Gasteiger partial charge < -0.3 is 16.4 Å². The highest BCUT2D eigenvalue weighted by molar-refractivity contribution is 5.48. The Labute approximate surface area is 182 Å². The second-order valence-electron chi connectivity index (χ2n) is 7.82.